The molecule has 26 heavy (non-hydrogen) atoms. The van der Waals surface area contributed by atoms with Crippen molar-refractivity contribution in [1.82, 2.24) is 5.16 Å². The third-order valence-electron chi connectivity index (χ3n) is 3.59. The van der Waals surface area contributed by atoms with Gasteiger partial charge in [-0.15, -0.1) is 0 Å². The summed E-state index contributed by atoms with van der Waals surface area (Å²) in [5.41, 5.74) is 2.01. The minimum atomic E-state index is -1.19. The highest BCUT2D eigenvalue weighted by molar-refractivity contribution is 5.86. The van der Waals surface area contributed by atoms with Gasteiger partial charge in [-0.3, -0.25) is 0 Å². The zero-order valence-electron chi connectivity index (χ0n) is 13.3. The van der Waals surface area contributed by atoms with Crippen LogP contribution in [0.4, 0.5) is 0 Å². The summed E-state index contributed by atoms with van der Waals surface area (Å²) in [6.45, 7) is 0.241. The first-order chi connectivity index (χ1) is 12.6. The number of hydrogen-bond acceptors (Lipinski definition) is 6. The predicted octanol–water partition coefficient (Wildman–Crippen LogP) is 3.36. The topological polar surface area (TPSA) is 120 Å². The van der Waals surface area contributed by atoms with E-state index in [1.807, 2.05) is 12.1 Å². The Balaban J connectivity index is 1.79. The minimum Gasteiger partial charge on any atom is -0.488 e. The van der Waals surface area contributed by atoms with Crippen LogP contribution in [0.15, 0.2) is 53.1 Å². The van der Waals surface area contributed by atoms with Crippen LogP contribution >= 0.6 is 0 Å². The SMILES string of the molecule is N#Cc1ccc(COc2ccc(-c3cc(C(=O)O)no3)cc2C#N)cc1. The Labute approximate surface area is 148 Å². The van der Waals surface area contributed by atoms with Gasteiger partial charge in [0.1, 0.15) is 18.4 Å². The van der Waals surface area contributed by atoms with Gasteiger partial charge in [-0.1, -0.05) is 17.3 Å². The summed E-state index contributed by atoms with van der Waals surface area (Å²) < 4.78 is 10.7. The van der Waals surface area contributed by atoms with Gasteiger partial charge in [-0.25, -0.2) is 4.79 Å². The molecule has 0 aliphatic rings. The second-order valence-corrected chi connectivity index (χ2v) is 5.30. The molecule has 0 atom stereocenters. The van der Waals surface area contributed by atoms with Crippen LogP contribution in [0.25, 0.3) is 11.3 Å². The van der Waals surface area contributed by atoms with Crippen molar-refractivity contribution in [2.24, 2.45) is 0 Å². The van der Waals surface area contributed by atoms with Crippen LogP contribution in [0, 0.1) is 22.7 Å². The maximum Gasteiger partial charge on any atom is 0.358 e. The largest absolute Gasteiger partial charge is 0.488 e. The van der Waals surface area contributed by atoms with Crippen molar-refractivity contribution < 1.29 is 19.2 Å². The highest BCUT2D eigenvalue weighted by Crippen LogP contribution is 2.27. The summed E-state index contributed by atoms with van der Waals surface area (Å²) >= 11 is 0. The molecule has 0 aliphatic carbocycles. The van der Waals surface area contributed by atoms with Crippen LogP contribution in [0.1, 0.15) is 27.2 Å². The Bertz CT molecular complexity index is 1040. The maximum atomic E-state index is 10.9. The van der Waals surface area contributed by atoms with Gasteiger partial charge in [0, 0.05) is 11.6 Å². The smallest absolute Gasteiger partial charge is 0.358 e. The number of hydrogen-bond donors (Lipinski definition) is 1. The number of carboxylic acid groups (broad SMARTS) is 1. The zero-order chi connectivity index (χ0) is 18.5. The molecule has 1 heterocycles. The lowest BCUT2D eigenvalue weighted by Gasteiger charge is -2.09. The van der Waals surface area contributed by atoms with Crippen LogP contribution in [0.5, 0.6) is 5.75 Å². The van der Waals surface area contributed by atoms with Crippen molar-refractivity contribution in [3.05, 3.63) is 70.9 Å². The van der Waals surface area contributed by atoms with Crippen molar-refractivity contribution in [3.63, 3.8) is 0 Å². The van der Waals surface area contributed by atoms with Crippen LogP contribution in [-0.4, -0.2) is 16.2 Å². The molecule has 3 aromatic rings. The molecule has 7 heteroatoms. The van der Waals surface area contributed by atoms with E-state index >= 15 is 0 Å². The van der Waals surface area contributed by atoms with Gasteiger partial charge in [0.25, 0.3) is 0 Å². The summed E-state index contributed by atoms with van der Waals surface area (Å²) in [5.74, 6) is -0.556. The van der Waals surface area contributed by atoms with Gasteiger partial charge < -0.3 is 14.4 Å². The quantitative estimate of drug-likeness (QED) is 0.752. The monoisotopic (exact) mass is 345 g/mol. The summed E-state index contributed by atoms with van der Waals surface area (Å²) in [7, 11) is 0. The number of benzene rings is 2. The van der Waals surface area contributed by atoms with E-state index in [2.05, 4.69) is 5.16 Å². The van der Waals surface area contributed by atoms with E-state index < -0.39 is 5.97 Å². The summed E-state index contributed by atoms with van der Waals surface area (Å²) in [6.07, 6.45) is 0. The summed E-state index contributed by atoms with van der Waals surface area (Å²) in [4.78, 5) is 10.9. The zero-order valence-corrected chi connectivity index (χ0v) is 13.3. The minimum absolute atomic E-state index is 0.209. The Kier molecular flexibility index (Phi) is 4.64. The van der Waals surface area contributed by atoms with E-state index in [1.165, 1.54) is 6.07 Å². The van der Waals surface area contributed by atoms with E-state index in [1.54, 1.807) is 42.5 Å². The molecule has 0 aliphatic heterocycles. The molecular formula is C19H11N3O4. The molecule has 0 spiro atoms. The Morgan fingerprint density at radius 3 is 2.50 bits per heavy atom. The van der Waals surface area contributed by atoms with E-state index in [0.717, 1.165) is 5.56 Å². The summed E-state index contributed by atoms with van der Waals surface area (Å²) in [6, 6.07) is 17.1. The van der Waals surface area contributed by atoms with Crippen molar-refractivity contribution in [3.8, 4) is 29.2 Å². The highest BCUT2D eigenvalue weighted by atomic mass is 16.5. The molecule has 1 N–H and O–H groups in total. The molecule has 126 valence electrons. The van der Waals surface area contributed by atoms with Gasteiger partial charge in [-0.2, -0.15) is 10.5 Å². The highest BCUT2D eigenvalue weighted by Gasteiger charge is 2.14. The van der Waals surface area contributed by atoms with E-state index in [0.29, 0.717) is 16.9 Å². The Morgan fingerprint density at radius 2 is 1.88 bits per heavy atom. The number of carbonyl (C=O) groups is 1. The number of nitrogens with zero attached hydrogens (tertiary/aromatic N) is 3. The molecule has 0 saturated carbocycles. The molecule has 0 unspecified atom stereocenters. The molecule has 0 bridgehead atoms. The van der Waals surface area contributed by atoms with Crippen LogP contribution in [0.3, 0.4) is 0 Å². The van der Waals surface area contributed by atoms with E-state index in [4.69, 9.17) is 19.6 Å². The van der Waals surface area contributed by atoms with Gasteiger partial charge in [0.15, 0.2) is 11.5 Å². The van der Waals surface area contributed by atoms with E-state index in [9.17, 15) is 10.1 Å². The average molecular weight is 345 g/mol. The normalized spacial score (nSPS) is 9.92. The fraction of sp³-hybridized carbons (Fsp3) is 0.0526. The van der Waals surface area contributed by atoms with Crippen molar-refractivity contribution in [1.29, 1.82) is 10.5 Å². The standard InChI is InChI=1S/C19H11N3O4/c20-9-12-1-3-13(4-2-12)11-25-17-6-5-14(7-15(17)10-21)18-8-16(19(23)24)22-26-18/h1-8H,11H2,(H,23,24). The number of aromatic carboxylic acids is 1. The summed E-state index contributed by atoms with van der Waals surface area (Å²) in [5, 5.41) is 30.5. The number of carboxylic acids is 1. The molecule has 1 aromatic heterocycles. The van der Waals surface area contributed by atoms with Crippen molar-refractivity contribution in [2.45, 2.75) is 6.61 Å². The molecule has 0 amide bonds. The number of ether oxygens (including phenoxy) is 1. The Hall–Kier alpha value is -4.10. The maximum absolute atomic E-state index is 10.9. The molecule has 3 rings (SSSR count). The first-order valence-corrected chi connectivity index (χ1v) is 7.47. The second kappa shape index (κ2) is 7.20. The van der Waals surface area contributed by atoms with Gasteiger partial charge in [0.05, 0.1) is 17.2 Å². The van der Waals surface area contributed by atoms with E-state index in [-0.39, 0.29) is 23.6 Å². The van der Waals surface area contributed by atoms with Crippen LogP contribution < -0.4 is 4.74 Å². The molecular weight excluding hydrogens is 334 g/mol. The molecule has 0 fully saturated rings. The number of aromatic nitrogens is 1. The lowest BCUT2D eigenvalue weighted by atomic mass is 10.1. The third kappa shape index (κ3) is 3.53. The first-order valence-electron chi connectivity index (χ1n) is 7.47. The fourth-order valence-corrected chi connectivity index (χ4v) is 2.25. The van der Waals surface area contributed by atoms with Gasteiger partial charge in [0.2, 0.25) is 0 Å². The Morgan fingerprint density at radius 1 is 1.12 bits per heavy atom. The molecule has 7 nitrogen and oxygen atoms in total. The average Bonchev–Trinajstić information content (AvgIpc) is 3.17. The van der Waals surface area contributed by atoms with Crippen LogP contribution in [-0.2, 0) is 6.61 Å². The number of nitriles is 2. The first kappa shape index (κ1) is 16.7. The molecule has 0 radical (unpaired) electrons. The van der Waals surface area contributed by atoms with Gasteiger partial charge in [-0.05, 0) is 35.9 Å². The van der Waals surface area contributed by atoms with Crippen molar-refractivity contribution >= 4 is 5.97 Å². The van der Waals surface area contributed by atoms with Crippen LogP contribution in [0.2, 0.25) is 0 Å². The number of rotatable bonds is 5. The van der Waals surface area contributed by atoms with Crippen molar-refractivity contribution in [2.75, 3.05) is 0 Å². The fourth-order valence-electron chi connectivity index (χ4n) is 2.25. The molecule has 0 saturated heterocycles. The molecule has 2 aromatic carbocycles. The predicted molar refractivity (Wildman–Crippen MR) is 89.1 cm³/mol. The lowest BCUT2D eigenvalue weighted by Crippen LogP contribution is -1.97. The van der Waals surface area contributed by atoms with Gasteiger partial charge >= 0.3 is 5.97 Å². The second-order valence-electron chi connectivity index (χ2n) is 5.30. The third-order valence-corrected chi connectivity index (χ3v) is 3.59. The lowest BCUT2D eigenvalue weighted by molar-refractivity contribution is 0.0686.